The van der Waals surface area contributed by atoms with Crippen molar-refractivity contribution in [3.63, 3.8) is 0 Å². The van der Waals surface area contributed by atoms with Gasteiger partial charge in [-0.05, 0) is 70.6 Å². The SMILES string of the molecule is CC1CC(Nc2cnn(CC(=O)CCc3ccncc3)c(=O)c2Br)CC(C)(C)C1. The minimum Gasteiger partial charge on any atom is -0.380 e. The second kappa shape index (κ2) is 9.20. The van der Waals surface area contributed by atoms with Crippen molar-refractivity contribution in [1.29, 1.82) is 0 Å². The second-order valence-electron chi connectivity index (χ2n) is 8.98. The van der Waals surface area contributed by atoms with Crippen LogP contribution >= 0.6 is 15.9 Å². The molecule has 0 saturated heterocycles. The van der Waals surface area contributed by atoms with Gasteiger partial charge in [-0.2, -0.15) is 5.10 Å². The van der Waals surface area contributed by atoms with Crippen molar-refractivity contribution in [1.82, 2.24) is 14.8 Å². The molecule has 1 N–H and O–H groups in total. The fourth-order valence-electron chi connectivity index (χ4n) is 4.43. The Morgan fingerprint density at radius 3 is 2.72 bits per heavy atom. The van der Waals surface area contributed by atoms with Crippen LogP contribution in [0.5, 0.6) is 0 Å². The summed E-state index contributed by atoms with van der Waals surface area (Å²) in [4.78, 5) is 29.0. The summed E-state index contributed by atoms with van der Waals surface area (Å²) in [6.07, 6.45) is 9.41. The first-order valence-corrected chi connectivity index (χ1v) is 11.0. The minimum absolute atomic E-state index is 0.0176. The van der Waals surface area contributed by atoms with Crippen LogP contribution in [0.2, 0.25) is 0 Å². The molecule has 2 aromatic heterocycles. The molecule has 1 fully saturated rings. The third-order valence-corrected chi connectivity index (χ3v) is 6.27. The molecule has 156 valence electrons. The number of Topliss-reactive ketones (excluding diaryl/α,β-unsaturated/α-hetero) is 1. The molecule has 0 aromatic carbocycles. The van der Waals surface area contributed by atoms with Crippen molar-refractivity contribution in [2.45, 2.75) is 65.5 Å². The molecule has 1 aliphatic carbocycles. The number of aromatic nitrogens is 3. The highest BCUT2D eigenvalue weighted by Gasteiger charge is 2.32. The van der Waals surface area contributed by atoms with Crippen LogP contribution in [0.3, 0.4) is 0 Å². The van der Waals surface area contributed by atoms with Gasteiger partial charge < -0.3 is 5.32 Å². The zero-order chi connectivity index (χ0) is 21.0. The normalized spacial score (nSPS) is 21.0. The lowest BCUT2D eigenvalue weighted by molar-refractivity contribution is -0.119. The topological polar surface area (TPSA) is 76.9 Å². The van der Waals surface area contributed by atoms with Crippen LogP contribution in [0.25, 0.3) is 0 Å². The van der Waals surface area contributed by atoms with Crippen LogP contribution in [-0.2, 0) is 17.8 Å². The van der Waals surface area contributed by atoms with Gasteiger partial charge in [0.15, 0.2) is 5.78 Å². The van der Waals surface area contributed by atoms with Crippen LogP contribution in [0.1, 0.15) is 52.0 Å². The Kier molecular flexibility index (Phi) is 6.88. The number of carbonyl (C=O) groups is 1. The Balaban J connectivity index is 1.63. The smallest absolute Gasteiger partial charge is 0.283 e. The van der Waals surface area contributed by atoms with E-state index in [2.05, 4.69) is 52.1 Å². The molecule has 2 aromatic rings. The number of ketones is 1. The second-order valence-corrected chi connectivity index (χ2v) is 9.78. The zero-order valence-electron chi connectivity index (χ0n) is 17.3. The molecule has 0 radical (unpaired) electrons. The first-order valence-electron chi connectivity index (χ1n) is 10.2. The van der Waals surface area contributed by atoms with Crippen LogP contribution in [0, 0.1) is 11.3 Å². The third kappa shape index (κ3) is 5.98. The minimum atomic E-state index is -0.282. The summed E-state index contributed by atoms with van der Waals surface area (Å²) in [5.74, 6) is 0.619. The molecule has 1 aliphatic rings. The standard InChI is InChI=1S/C22H29BrN4O2/c1-15-10-17(12-22(2,3)11-15)26-19-13-25-27(21(29)20(19)23)14-18(28)5-4-16-6-8-24-9-7-16/h6-9,13,15,17,26H,4-5,10-12,14H2,1-3H3. The number of nitrogens with zero attached hydrogens (tertiary/aromatic N) is 3. The molecule has 2 atom stereocenters. The lowest BCUT2D eigenvalue weighted by Gasteiger charge is -2.39. The Labute approximate surface area is 180 Å². The summed E-state index contributed by atoms with van der Waals surface area (Å²) in [6.45, 7) is 6.84. The average Bonchev–Trinajstić information content (AvgIpc) is 2.65. The van der Waals surface area contributed by atoms with Crippen molar-refractivity contribution in [2.24, 2.45) is 11.3 Å². The summed E-state index contributed by atoms with van der Waals surface area (Å²) in [5, 5.41) is 7.73. The molecule has 0 aliphatic heterocycles. The van der Waals surface area contributed by atoms with Gasteiger partial charge in [-0.25, -0.2) is 4.68 Å². The highest BCUT2D eigenvalue weighted by Crippen LogP contribution is 2.39. The fourth-order valence-corrected chi connectivity index (χ4v) is 4.86. The first-order chi connectivity index (χ1) is 13.7. The molecule has 1 saturated carbocycles. The van der Waals surface area contributed by atoms with E-state index < -0.39 is 0 Å². The first kappa shape index (κ1) is 21.7. The molecule has 0 amide bonds. The summed E-state index contributed by atoms with van der Waals surface area (Å²) in [7, 11) is 0. The number of aryl methyl sites for hydroxylation is 1. The highest BCUT2D eigenvalue weighted by atomic mass is 79.9. The maximum atomic E-state index is 12.7. The van der Waals surface area contributed by atoms with E-state index in [-0.39, 0.29) is 23.3 Å². The largest absolute Gasteiger partial charge is 0.380 e. The van der Waals surface area contributed by atoms with E-state index in [0.717, 1.165) is 18.4 Å². The van der Waals surface area contributed by atoms with E-state index in [0.29, 0.717) is 35.0 Å². The highest BCUT2D eigenvalue weighted by molar-refractivity contribution is 9.10. The molecule has 6 nitrogen and oxygen atoms in total. The van der Waals surface area contributed by atoms with Gasteiger partial charge in [0, 0.05) is 24.9 Å². The van der Waals surface area contributed by atoms with Crippen molar-refractivity contribution in [3.8, 4) is 0 Å². The van der Waals surface area contributed by atoms with Gasteiger partial charge in [-0.3, -0.25) is 14.6 Å². The van der Waals surface area contributed by atoms with E-state index in [9.17, 15) is 9.59 Å². The number of halogens is 1. The molecule has 2 unspecified atom stereocenters. The van der Waals surface area contributed by atoms with Gasteiger partial charge in [0.2, 0.25) is 0 Å². The number of carbonyl (C=O) groups excluding carboxylic acids is 1. The van der Waals surface area contributed by atoms with Crippen LogP contribution in [0.15, 0.2) is 40.0 Å². The van der Waals surface area contributed by atoms with E-state index >= 15 is 0 Å². The molecule has 0 bridgehead atoms. The molecule has 2 heterocycles. The van der Waals surface area contributed by atoms with Gasteiger partial charge in [0.25, 0.3) is 5.56 Å². The predicted octanol–water partition coefficient (Wildman–Crippen LogP) is 4.23. The van der Waals surface area contributed by atoms with Crippen LogP contribution in [0.4, 0.5) is 5.69 Å². The monoisotopic (exact) mass is 460 g/mol. The molecular weight excluding hydrogens is 432 g/mol. The van der Waals surface area contributed by atoms with Gasteiger partial charge in [-0.15, -0.1) is 0 Å². The molecule has 0 spiro atoms. The number of pyridine rings is 1. The Hall–Kier alpha value is -2.02. The van der Waals surface area contributed by atoms with Crippen molar-refractivity contribution in [3.05, 3.63) is 51.1 Å². The van der Waals surface area contributed by atoms with Gasteiger partial charge in [0.1, 0.15) is 11.0 Å². The Bertz CT molecular complexity index is 911. The molecule has 29 heavy (non-hydrogen) atoms. The van der Waals surface area contributed by atoms with Gasteiger partial charge >= 0.3 is 0 Å². The Morgan fingerprint density at radius 2 is 2.03 bits per heavy atom. The fraction of sp³-hybridized carbons (Fsp3) is 0.545. The van der Waals surface area contributed by atoms with Gasteiger partial charge in [0.05, 0.1) is 11.9 Å². The number of hydrogen-bond acceptors (Lipinski definition) is 5. The number of rotatable bonds is 7. The van der Waals surface area contributed by atoms with Crippen molar-refractivity contribution in [2.75, 3.05) is 5.32 Å². The van der Waals surface area contributed by atoms with E-state index in [4.69, 9.17) is 0 Å². The van der Waals surface area contributed by atoms with E-state index in [1.807, 2.05) is 12.1 Å². The lowest BCUT2D eigenvalue weighted by Crippen LogP contribution is -2.36. The van der Waals surface area contributed by atoms with Crippen LogP contribution in [-0.4, -0.2) is 26.6 Å². The summed E-state index contributed by atoms with van der Waals surface area (Å²) >= 11 is 3.41. The summed E-state index contributed by atoms with van der Waals surface area (Å²) < 4.78 is 1.67. The van der Waals surface area contributed by atoms with Crippen LogP contribution < -0.4 is 10.9 Å². The maximum absolute atomic E-state index is 12.7. The molecular formula is C22H29BrN4O2. The maximum Gasteiger partial charge on any atom is 0.283 e. The summed E-state index contributed by atoms with van der Waals surface area (Å²) in [5.41, 5.74) is 1.76. The number of anilines is 1. The molecule has 7 heteroatoms. The Morgan fingerprint density at radius 1 is 1.31 bits per heavy atom. The quantitative estimate of drug-likeness (QED) is 0.668. The van der Waals surface area contributed by atoms with E-state index in [1.54, 1.807) is 18.6 Å². The zero-order valence-corrected chi connectivity index (χ0v) is 18.9. The lowest BCUT2D eigenvalue weighted by atomic mass is 9.70. The number of nitrogens with one attached hydrogen (secondary N) is 1. The van der Waals surface area contributed by atoms with Crippen molar-refractivity contribution >= 4 is 27.4 Å². The number of hydrogen-bond donors (Lipinski definition) is 1. The van der Waals surface area contributed by atoms with Crippen molar-refractivity contribution < 1.29 is 4.79 Å². The molecule has 3 rings (SSSR count). The van der Waals surface area contributed by atoms with E-state index in [1.165, 1.54) is 11.1 Å². The van der Waals surface area contributed by atoms with Gasteiger partial charge in [-0.1, -0.05) is 20.8 Å². The average molecular weight is 461 g/mol. The predicted molar refractivity (Wildman–Crippen MR) is 118 cm³/mol. The summed E-state index contributed by atoms with van der Waals surface area (Å²) in [6, 6.07) is 4.09. The third-order valence-electron chi connectivity index (χ3n) is 5.50.